The summed E-state index contributed by atoms with van der Waals surface area (Å²) in [4.78, 5) is 10.3. The second-order valence-electron chi connectivity index (χ2n) is 3.30. The third-order valence-corrected chi connectivity index (χ3v) is 2.33. The van der Waals surface area contributed by atoms with Gasteiger partial charge in [-0.3, -0.25) is 15.4 Å². The first-order chi connectivity index (χ1) is 7.54. The lowest BCUT2D eigenvalue weighted by Gasteiger charge is -2.07. The first-order valence-electron chi connectivity index (χ1n) is 4.67. The van der Waals surface area contributed by atoms with Gasteiger partial charge in [-0.2, -0.15) is 0 Å². The Kier molecular flexibility index (Phi) is 4.29. The number of nitrogens with zero attached hydrogens (tertiary/aromatic N) is 1. The zero-order chi connectivity index (χ0) is 12.1. The van der Waals surface area contributed by atoms with E-state index in [-0.39, 0.29) is 11.7 Å². The van der Waals surface area contributed by atoms with Gasteiger partial charge in [0.2, 0.25) is 0 Å². The van der Waals surface area contributed by atoms with E-state index in [2.05, 4.69) is 11.2 Å². The quantitative estimate of drug-likeness (QED) is 0.498. The monoisotopic (exact) mass is 238 g/mol. The molecular formula is C11H11ClN2O2. The number of nitro groups is 1. The van der Waals surface area contributed by atoms with E-state index < -0.39 is 4.92 Å². The zero-order valence-corrected chi connectivity index (χ0v) is 9.49. The van der Waals surface area contributed by atoms with Crippen molar-refractivity contribution in [3.05, 3.63) is 38.9 Å². The van der Waals surface area contributed by atoms with Crippen molar-refractivity contribution in [2.75, 3.05) is 0 Å². The molecule has 1 atom stereocenters. The van der Waals surface area contributed by atoms with Crippen molar-refractivity contribution in [1.29, 1.82) is 0 Å². The number of nitro benzene ring substituents is 1. The molecule has 0 aliphatic heterocycles. The predicted molar refractivity (Wildman–Crippen MR) is 63.2 cm³/mol. The van der Waals surface area contributed by atoms with E-state index in [1.54, 1.807) is 12.1 Å². The summed E-state index contributed by atoms with van der Waals surface area (Å²) < 4.78 is 0. The van der Waals surface area contributed by atoms with Gasteiger partial charge in [-0.05, 0) is 19.1 Å². The Morgan fingerprint density at radius 1 is 1.69 bits per heavy atom. The van der Waals surface area contributed by atoms with Gasteiger partial charge in [-0.1, -0.05) is 17.5 Å². The van der Waals surface area contributed by atoms with Crippen LogP contribution in [0.3, 0.4) is 0 Å². The largest absolute Gasteiger partial charge is 0.300 e. The molecule has 0 fully saturated rings. The average Bonchev–Trinajstić information content (AvgIpc) is 2.26. The second kappa shape index (κ2) is 5.50. The van der Waals surface area contributed by atoms with Crippen LogP contribution in [0.5, 0.6) is 0 Å². The minimum absolute atomic E-state index is 0.00391. The molecule has 1 N–H and O–H groups in total. The van der Waals surface area contributed by atoms with Crippen LogP contribution in [0.15, 0.2) is 18.2 Å². The summed E-state index contributed by atoms with van der Waals surface area (Å²) in [6.07, 6.45) is 5.19. The van der Waals surface area contributed by atoms with Crippen molar-refractivity contribution in [3.8, 4) is 12.3 Å². The molecule has 1 aromatic carbocycles. The minimum atomic E-state index is -0.455. The van der Waals surface area contributed by atoms with Crippen LogP contribution in [0.2, 0.25) is 5.02 Å². The summed E-state index contributed by atoms with van der Waals surface area (Å²) >= 11 is 5.69. The standard InChI is InChI=1S/C11H11ClN2O2/c1-3-8(2)13-7-9-4-5-10(12)6-11(9)14(15)16/h1,4-6,8,13H,7H2,2H3. The molecule has 0 aliphatic rings. The molecule has 0 aliphatic carbocycles. The normalized spacial score (nSPS) is 11.8. The highest BCUT2D eigenvalue weighted by Crippen LogP contribution is 2.22. The first kappa shape index (κ1) is 12.5. The van der Waals surface area contributed by atoms with E-state index in [0.29, 0.717) is 17.1 Å². The van der Waals surface area contributed by atoms with Crippen LogP contribution in [0.1, 0.15) is 12.5 Å². The van der Waals surface area contributed by atoms with Gasteiger partial charge in [0.15, 0.2) is 0 Å². The molecular weight excluding hydrogens is 228 g/mol. The Bertz CT molecular complexity index is 440. The van der Waals surface area contributed by atoms with Crippen molar-refractivity contribution in [1.82, 2.24) is 5.32 Å². The van der Waals surface area contributed by atoms with Gasteiger partial charge < -0.3 is 0 Å². The Balaban J connectivity index is 2.88. The highest BCUT2D eigenvalue weighted by atomic mass is 35.5. The SMILES string of the molecule is C#CC(C)NCc1ccc(Cl)cc1[N+](=O)[O-]. The lowest BCUT2D eigenvalue weighted by atomic mass is 10.1. The highest BCUT2D eigenvalue weighted by Gasteiger charge is 2.14. The maximum atomic E-state index is 10.8. The number of benzene rings is 1. The van der Waals surface area contributed by atoms with Crippen molar-refractivity contribution in [2.24, 2.45) is 0 Å². The van der Waals surface area contributed by atoms with E-state index in [1.807, 2.05) is 6.92 Å². The van der Waals surface area contributed by atoms with E-state index in [1.165, 1.54) is 6.07 Å². The first-order valence-corrected chi connectivity index (χ1v) is 5.04. The maximum Gasteiger partial charge on any atom is 0.275 e. The average molecular weight is 239 g/mol. The van der Waals surface area contributed by atoms with Crippen LogP contribution in [-0.2, 0) is 6.54 Å². The van der Waals surface area contributed by atoms with E-state index in [9.17, 15) is 10.1 Å². The second-order valence-corrected chi connectivity index (χ2v) is 3.74. The number of rotatable bonds is 4. The van der Waals surface area contributed by atoms with Gasteiger partial charge in [-0.25, -0.2) is 0 Å². The van der Waals surface area contributed by atoms with E-state index in [4.69, 9.17) is 18.0 Å². The molecule has 1 rings (SSSR count). The maximum absolute atomic E-state index is 10.8. The molecule has 0 bridgehead atoms. The van der Waals surface area contributed by atoms with Gasteiger partial charge in [0, 0.05) is 23.2 Å². The Hall–Kier alpha value is -1.57. The van der Waals surface area contributed by atoms with Crippen molar-refractivity contribution >= 4 is 17.3 Å². The van der Waals surface area contributed by atoms with Crippen LogP contribution >= 0.6 is 11.6 Å². The Morgan fingerprint density at radius 3 is 2.94 bits per heavy atom. The summed E-state index contributed by atoms with van der Waals surface area (Å²) in [5.74, 6) is 2.49. The molecule has 84 valence electrons. The molecule has 0 heterocycles. The van der Waals surface area contributed by atoms with Crippen LogP contribution in [0.25, 0.3) is 0 Å². The molecule has 1 unspecified atom stereocenters. The van der Waals surface area contributed by atoms with Crippen molar-refractivity contribution in [3.63, 3.8) is 0 Å². The fraction of sp³-hybridized carbons (Fsp3) is 0.273. The molecule has 0 amide bonds. The summed E-state index contributed by atoms with van der Waals surface area (Å²) in [5, 5.41) is 14.1. The number of hydrogen-bond donors (Lipinski definition) is 1. The molecule has 4 nitrogen and oxygen atoms in total. The molecule has 0 radical (unpaired) electrons. The highest BCUT2D eigenvalue weighted by molar-refractivity contribution is 6.30. The topological polar surface area (TPSA) is 55.2 Å². The number of terminal acetylenes is 1. The van der Waals surface area contributed by atoms with Gasteiger partial charge in [0.1, 0.15) is 0 Å². The van der Waals surface area contributed by atoms with Crippen LogP contribution in [-0.4, -0.2) is 11.0 Å². The lowest BCUT2D eigenvalue weighted by Crippen LogP contribution is -2.23. The third kappa shape index (κ3) is 3.23. The molecule has 0 saturated heterocycles. The molecule has 1 aromatic rings. The zero-order valence-electron chi connectivity index (χ0n) is 8.74. The van der Waals surface area contributed by atoms with Gasteiger partial charge >= 0.3 is 0 Å². The number of halogens is 1. The Morgan fingerprint density at radius 2 is 2.38 bits per heavy atom. The smallest absolute Gasteiger partial charge is 0.275 e. The van der Waals surface area contributed by atoms with Crippen molar-refractivity contribution < 1.29 is 4.92 Å². The van der Waals surface area contributed by atoms with E-state index >= 15 is 0 Å². The summed E-state index contributed by atoms with van der Waals surface area (Å²) in [7, 11) is 0. The molecule has 0 spiro atoms. The number of nitrogens with one attached hydrogen (secondary N) is 1. The molecule has 0 saturated carbocycles. The predicted octanol–water partition coefficient (Wildman–Crippen LogP) is 2.36. The Labute approximate surface area is 98.8 Å². The summed E-state index contributed by atoms with van der Waals surface area (Å²) in [6, 6.07) is 4.44. The third-order valence-electron chi connectivity index (χ3n) is 2.09. The van der Waals surface area contributed by atoms with E-state index in [0.717, 1.165) is 0 Å². The van der Waals surface area contributed by atoms with Crippen molar-refractivity contribution in [2.45, 2.75) is 19.5 Å². The van der Waals surface area contributed by atoms with Crippen LogP contribution in [0, 0.1) is 22.5 Å². The lowest BCUT2D eigenvalue weighted by molar-refractivity contribution is -0.385. The van der Waals surface area contributed by atoms with Gasteiger partial charge in [-0.15, -0.1) is 6.42 Å². The summed E-state index contributed by atoms with van der Waals surface area (Å²) in [6.45, 7) is 2.15. The van der Waals surface area contributed by atoms with Gasteiger partial charge in [0.25, 0.3) is 5.69 Å². The summed E-state index contributed by atoms with van der Waals surface area (Å²) in [5.41, 5.74) is 0.570. The molecule has 0 aromatic heterocycles. The molecule has 16 heavy (non-hydrogen) atoms. The van der Waals surface area contributed by atoms with Crippen LogP contribution in [0.4, 0.5) is 5.69 Å². The number of hydrogen-bond acceptors (Lipinski definition) is 3. The molecule has 5 heteroatoms. The minimum Gasteiger partial charge on any atom is -0.300 e. The fourth-order valence-electron chi connectivity index (χ4n) is 1.18. The van der Waals surface area contributed by atoms with Gasteiger partial charge in [0.05, 0.1) is 11.0 Å². The fourth-order valence-corrected chi connectivity index (χ4v) is 1.34. The van der Waals surface area contributed by atoms with Crippen LogP contribution < -0.4 is 5.32 Å².